The molecule has 26 heavy (non-hydrogen) atoms. The molecule has 0 radical (unpaired) electrons. The standard InChI is InChI=1S/C19H20N6.ClH/c20-9-14-5-6-16(22-11-14)13-25-18-4-2-1-3-17(18)23-19(25)24-8-7-15(10-21)12-24;/h1-6,11,15H,7-8,10,12-13,21H2;1H/t15-;/m0./s1. The van der Waals surface area contributed by atoms with E-state index < -0.39 is 0 Å². The number of benzene rings is 1. The summed E-state index contributed by atoms with van der Waals surface area (Å²) in [7, 11) is 0. The lowest BCUT2D eigenvalue weighted by atomic mass is 10.1. The number of nitrogens with zero attached hydrogens (tertiary/aromatic N) is 5. The normalized spacial score (nSPS) is 16.5. The third kappa shape index (κ3) is 3.36. The average Bonchev–Trinajstić information content (AvgIpc) is 3.27. The van der Waals surface area contributed by atoms with Gasteiger partial charge in [0, 0.05) is 19.3 Å². The van der Waals surface area contributed by atoms with Gasteiger partial charge in [-0.15, -0.1) is 12.4 Å². The number of para-hydroxylation sites is 2. The molecule has 0 aliphatic carbocycles. The van der Waals surface area contributed by atoms with Crippen molar-refractivity contribution in [3.05, 3.63) is 53.9 Å². The molecule has 2 N–H and O–H groups in total. The molecule has 0 unspecified atom stereocenters. The molecule has 0 spiro atoms. The SMILES string of the molecule is Cl.N#Cc1ccc(Cn2c(N3CC[C@@H](CN)C3)nc3ccccc32)nc1. The van der Waals surface area contributed by atoms with Crippen LogP contribution in [0.15, 0.2) is 42.6 Å². The highest BCUT2D eigenvalue weighted by Gasteiger charge is 2.26. The number of nitrogens with two attached hydrogens (primary N) is 1. The predicted molar refractivity (Wildman–Crippen MR) is 104 cm³/mol. The molecule has 1 aliphatic rings. The monoisotopic (exact) mass is 368 g/mol. The van der Waals surface area contributed by atoms with E-state index in [2.05, 4.69) is 26.6 Å². The van der Waals surface area contributed by atoms with Crippen LogP contribution >= 0.6 is 12.4 Å². The predicted octanol–water partition coefficient (Wildman–Crippen LogP) is 2.56. The second-order valence-electron chi connectivity index (χ2n) is 6.47. The number of hydrogen-bond donors (Lipinski definition) is 1. The third-order valence-electron chi connectivity index (χ3n) is 4.81. The van der Waals surface area contributed by atoms with Crippen molar-refractivity contribution in [1.82, 2.24) is 14.5 Å². The summed E-state index contributed by atoms with van der Waals surface area (Å²) < 4.78 is 2.21. The van der Waals surface area contributed by atoms with Crippen molar-refractivity contribution in [2.45, 2.75) is 13.0 Å². The van der Waals surface area contributed by atoms with Gasteiger partial charge in [0.25, 0.3) is 0 Å². The zero-order valence-corrected chi connectivity index (χ0v) is 15.2. The average molecular weight is 369 g/mol. The summed E-state index contributed by atoms with van der Waals surface area (Å²) in [5, 5.41) is 8.94. The van der Waals surface area contributed by atoms with Gasteiger partial charge in [-0.1, -0.05) is 12.1 Å². The molecule has 134 valence electrons. The Morgan fingerprint density at radius 3 is 2.77 bits per heavy atom. The molecular formula is C19H21ClN6. The molecule has 3 heterocycles. The largest absolute Gasteiger partial charge is 0.342 e. The van der Waals surface area contributed by atoms with Crippen LogP contribution in [0, 0.1) is 17.2 Å². The Morgan fingerprint density at radius 2 is 2.08 bits per heavy atom. The van der Waals surface area contributed by atoms with Gasteiger partial charge in [0.1, 0.15) is 6.07 Å². The fourth-order valence-electron chi connectivity index (χ4n) is 3.41. The molecule has 7 heteroatoms. The lowest BCUT2D eigenvalue weighted by Crippen LogP contribution is -2.25. The smallest absolute Gasteiger partial charge is 0.206 e. The van der Waals surface area contributed by atoms with Gasteiger partial charge >= 0.3 is 0 Å². The van der Waals surface area contributed by atoms with E-state index in [0.717, 1.165) is 42.2 Å². The van der Waals surface area contributed by atoms with Gasteiger partial charge in [-0.3, -0.25) is 4.98 Å². The summed E-state index contributed by atoms with van der Waals surface area (Å²) in [4.78, 5) is 11.6. The highest BCUT2D eigenvalue weighted by atomic mass is 35.5. The van der Waals surface area contributed by atoms with Gasteiger partial charge < -0.3 is 15.2 Å². The topological polar surface area (TPSA) is 83.8 Å². The number of imidazole rings is 1. The van der Waals surface area contributed by atoms with Crippen LogP contribution in [0.5, 0.6) is 0 Å². The number of nitriles is 1. The Kier molecular flexibility index (Phi) is 5.40. The molecule has 1 aliphatic heterocycles. The summed E-state index contributed by atoms with van der Waals surface area (Å²) >= 11 is 0. The van der Waals surface area contributed by atoms with Crippen molar-refractivity contribution in [2.75, 3.05) is 24.5 Å². The highest BCUT2D eigenvalue weighted by molar-refractivity contribution is 5.85. The molecule has 6 nitrogen and oxygen atoms in total. The fourth-order valence-corrected chi connectivity index (χ4v) is 3.41. The zero-order valence-electron chi connectivity index (χ0n) is 14.4. The number of pyridine rings is 1. The minimum absolute atomic E-state index is 0. The molecular weight excluding hydrogens is 348 g/mol. The number of halogens is 1. The maximum Gasteiger partial charge on any atom is 0.206 e. The Hall–Kier alpha value is -2.62. The number of fused-ring (bicyclic) bond motifs is 1. The van der Waals surface area contributed by atoms with Crippen LogP contribution in [0.3, 0.4) is 0 Å². The molecule has 0 amide bonds. The Balaban J connectivity index is 0.00000196. The minimum Gasteiger partial charge on any atom is -0.342 e. The molecule has 1 fully saturated rings. The van der Waals surface area contributed by atoms with Crippen LogP contribution in [-0.4, -0.2) is 34.2 Å². The quantitative estimate of drug-likeness (QED) is 0.765. The van der Waals surface area contributed by atoms with Crippen LogP contribution in [0.25, 0.3) is 11.0 Å². The summed E-state index contributed by atoms with van der Waals surface area (Å²) in [6, 6.07) is 14.0. The fraction of sp³-hybridized carbons (Fsp3) is 0.316. The van der Waals surface area contributed by atoms with Crippen LogP contribution in [-0.2, 0) is 6.54 Å². The second-order valence-corrected chi connectivity index (χ2v) is 6.47. The molecule has 1 aromatic carbocycles. The van der Waals surface area contributed by atoms with E-state index in [1.807, 2.05) is 24.3 Å². The molecule has 2 aromatic heterocycles. The highest BCUT2D eigenvalue weighted by Crippen LogP contribution is 2.27. The summed E-state index contributed by atoms with van der Waals surface area (Å²) in [6.45, 7) is 3.27. The van der Waals surface area contributed by atoms with Gasteiger partial charge in [-0.2, -0.15) is 5.26 Å². The van der Waals surface area contributed by atoms with Crippen molar-refractivity contribution in [1.29, 1.82) is 5.26 Å². The van der Waals surface area contributed by atoms with E-state index in [-0.39, 0.29) is 12.4 Å². The second kappa shape index (κ2) is 7.73. The summed E-state index contributed by atoms with van der Waals surface area (Å²) in [5.74, 6) is 1.50. The molecule has 1 saturated heterocycles. The minimum atomic E-state index is 0. The van der Waals surface area contributed by atoms with E-state index in [1.165, 1.54) is 0 Å². The van der Waals surface area contributed by atoms with Gasteiger partial charge in [0.05, 0.1) is 28.8 Å². The first-order chi connectivity index (χ1) is 12.3. The summed E-state index contributed by atoms with van der Waals surface area (Å²) in [6.07, 6.45) is 2.73. The molecule has 4 rings (SSSR count). The number of rotatable bonds is 4. The van der Waals surface area contributed by atoms with E-state index >= 15 is 0 Å². The maximum absolute atomic E-state index is 8.94. The van der Waals surface area contributed by atoms with Gasteiger partial charge in [-0.25, -0.2) is 4.98 Å². The van der Waals surface area contributed by atoms with E-state index in [1.54, 1.807) is 12.3 Å². The summed E-state index contributed by atoms with van der Waals surface area (Å²) in [5.41, 5.74) is 9.42. The first-order valence-corrected chi connectivity index (χ1v) is 8.54. The number of anilines is 1. The van der Waals surface area contributed by atoms with Crippen molar-refractivity contribution in [3.63, 3.8) is 0 Å². The van der Waals surface area contributed by atoms with E-state index in [9.17, 15) is 0 Å². The van der Waals surface area contributed by atoms with Crippen LogP contribution < -0.4 is 10.6 Å². The Bertz CT molecular complexity index is 927. The van der Waals surface area contributed by atoms with Crippen molar-refractivity contribution in [2.24, 2.45) is 11.7 Å². The first-order valence-electron chi connectivity index (χ1n) is 8.54. The van der Waals surface area contributed by atoms with Crippen LogP contribution in [0.4, 0.5) is 5.95 Å². The van der Waals surface area contributed by atoms with Crippen molar-refractivity contribution >= 4 is 29.4 Å². The van der Waals surface area contributed by atoms with E-state index in [0.29, 0.717) is 24.6 Å². The van der Waals surface area contributed by atoms with Gasteiger partial charge in [0.2, 0.25) is 5.95 Å². The number of hydrogen-bond acceptors (Lipinski definition) is 5. The van der Waals surface area contributed by atoms with Crippen LogP contribution in [0.1, 0.15) is 17.7 Å². The Labute approximate surface area is 158 Å². The lowest BCUT2D eigenvalue weighted by Gasteiger charge is -2.19. The van der Waals surface area contributed by atoms with E-state index in [4.69, 9.17) is 16.0 Å². The van der Waals surface area contributed by atoms with Crippen molar-refractivity contribution in [3.8, 4) is 6.07 Å². The van der Waals surface area contributed by atoms with Gasteiger partial charge in [0.15, 0.2) is 0 Å². The molecule has 1 atom stereocenters. The van der Waals surface area contributed by atoms with Crippen LogP contribution in [0.2, 0.25) is 0 Å². The molecule has 0 bridgehead atoms. The third-order valence-corrected chi connectivity index (χ3v) is 4.81. The lowest BCUT2D eigenvalue weighted by molar-refractivity contribution is 0.600. The number of aromatic nitrogens is 3. The first kappa shape index (κ1) is 18.2. The molecule has 3 aromatic rings. The zero-order chi connectivity index (χ0) is 17.2. The Morgan fingerprint density at radius 1 is 1.23 bits per heavy atom. The molecule has 0 saturated carbocycles. The van der Waals surface area contributed by atoms with Gasteiger partial charge in [-0.05, 0) is 43.1 Å². The maximum atomic E-state index is 8.94. The van der Waals surface area contributed by atoms with Crippen molar-refractivity contribution < 1.29 is 0 Å².